The average Bonchev–Trinajstić information content (AvgIpc) is 2.74. The Bertz CT molecular complexity index is 882. The molecule has 2 aromatic heterocycles. The van der Waals surface area contributed by atoms with Crippen LogP contribution >= 0.6 is 0 Å². The lowest BCUT2D eigenvalue weighted by Gasteiger charge is -2.36. The quantitative estimate of drug-likeness (QED) is 0.744. The van der Waals surface area contributed by atoms with Crippen LogP contribution in [0.25, 0.3) is 0 Å². The predicted octanol–water partition coefficient (Wildman–Crippen LogP) is 2.34. The molecule has 0 atom stereocenters. The average molecular weight is 365 g/mol. The van der Waals surface area contributed by atoms with Crippen LogP contribution in [0, 0.1) is 5.82 Å². The molecule has 0 aliphatic carbocycles. The van der Waals surface area contributed by atoms with Crippen molar-refractivity contribution < 1.29 is 4.39 Å². The van der Waals surface area contributed by atoms with E-state index in [9.17, 15) is 4.39 Å². The first kappa shape index (κ1) is 17.1. The second-order valence-corrected chi connectivity index (χ2v) is 6.28. The molecule has 1 saturated heterocycles. The summed E-state index contributed by atoms with van der Waals surface area (Å²) in [5.41, 5.74) is 1.70. The molecule has 27 heavy (non-hydrogen) atoms. The zero-order valence-corrected chi connectivity index (χ0v) is 14.8. The number of nitrogens with one attached hydrogen (secondary N) is 1. The van der Waals surface area contributed by atoms with Crippen LogP contribution in [0.1, 0.15) is 5.56 Å². The van der Waals surface area contributed by atoms with Gasteiger partial charge in [-0.15, -0.1) is 5.10 Å². The van der Waals surface area contributed by atoms with Gasteiger partial charge in [-0.25, -0.2) is 4.39 Å². The molecule has 1 fully saturated rings. The summed E-state index contributed by atoms with van der Waals surface area (Å²) in [5, 5.41) is 11.3. The van der Waals surface area contributed by atoms with Gasteiger partial charge in [0.2, 0.25) is 5.95 Å². The van der Waals surface area contributed by atoms with Gasteiger partial charge in [0.1, 0.15) is 5.82 Å². The highest BCUT2D eigenvalue weighted by Crippen LogP contribution is 2.22. The van der Waals surface area contributed by atoms with Crippen LogP contribution in [0.4, 0.5) is 21.8 Å². The van der Waals surface area contributed by atoms with Gasteiger partial charge in [0, 0.05) is 45.1 Å². The van der Waals surface area contributed by atoms with Crippen molar-refractivity contribution in [3.05, 3.63) is 66.4 Å². The van der Waals surface area contributed by atoms with E-state index in [4.69, 9.17) is 0 Å². The summed E-state index contributed by atoms with van der Waals surface area (Å²) in [7, 11) is 0. The van der Waals surface area contributed by atoms with Crippen molar-refractivity contribution in [1.29, 1.82) is 0 Å². The van der Waals surface area contributed by atoms with Crippen molar-refractivity contribution in [2.24, 2.45) is 0 Å². The van der Waals surface area contributed by atoms with Crippen molar-refractivity contribution in [1.82, 2.24) is 20.2 Å². The third-order valence-corrected chi connectivity index (χ3v) is 4.52. The molecule has 1 N–H and O–H groups in total. The summed E-state index contributed by atoms with van der Waals surface area (Å²) < 4.78 is 14.0. The Hall–Kier alpha value is -3.29. The molecule has 3 heterocycles. The number of halogens is 1. The summed E-state index contributed by atoms with van der Waals surface area (Å²) in [6, 6.07) is 10.8. The topological polar surface area (TPSA) is 70.1 Å². The Labute approximate surface area is 156 Å². The van der Waals surface area contributed by atoms with Crippen LogP contribution < -0.4 is 15.1 Å². The van der Waals surface area contributed by atoms with Crippen molar-refractivity contribution in [2.75, 3.05) is 41.3 Å². The molecule has 4 rings (SSSR count). The summed E-state index contributed by atoms with van der Waals surface area (Å²) in [6.07, 6.45) is 5.20. The van der Waals surface area contributed by atoms with Gasteiger partial charge in [0.25, 0.3) is 0 Å². The number of hydrogen-bond acceptors (Lipinski definition) is 7. The normalized spacial score (nSPS) is 14.3. The van der Waals surface area contributed by atoms with Crippen LogP contribution in [0.15, 0.2) is 55.0 Å². The van der Waals surface area contributed by atoms with Crippen LogP contribution in [-0.4, -0.2) is 46.3 Å². The molecule has 7 nitrogen and oxygen atoms in total. The highest BCUT2D eigenvalue weighted by molar-refractivity contribution is 5.50. The second-order valence-electron chi connectivity index (χ2n) is 6.28. The van der Waals surface area contributed by atoms with E-state index in [2.05, 4.69) is 35.3 Å². The third kappa shape index (κ3) is 4.11. The molecule has 1 aliphatic rings. The highest BCUT2D eigenvalue weighted by Gasteiger charge is 2.20. The zero-order valence-electron chi connectivity index (χ0n) is 14.8. The molecule has 1 aromatic carbocycles. The van der Waals surface area contributed by atoms with Crippen LogP contribution in [0.2, 0.25) is 0 Å². The van der Waals surface area contributed by atoms with Gasteiger partial charge >= 0.3 is 0 Å². The number of anilines is 3. The van der Waals surface area contributed by atoms with Crippen LogP contribution in [0.5, 0.6) is 0 Å². The monoisotopic (exact) mass is 365 g/mol. The SMILES string of the molecule is Fc1ccccc1N1CCN(c2cnnc(NCc3cccnc3)n2)CC1. The van der Waals surface area contributed by atoms with Gasteiger partial charge in [0.05, 0.1) is 11.9 Å². The second kappa shape index (κ2) is 7.94. The molecule has 0 radical (unpaired) electrons. The van der Waals surface area contributed by atoms with Crippen molar-refractivity contribution >= 4 is 17.5 Å². The number of benzene rings is 1. The molecular formula is C19H20FN7. The lowest BCUT2D eigenvalue weighted by Crippen LogP contribution is -2.47. The largest absolute Gasteiger partial charge is 0.366 e. The Morgan fingerprint density at radius 1 is 0.963 bits per heavy atom. The van der Waals surface area contributed by atoms with Gasteiger partial charge in [-0.2, -0.15) is 10.1 Å². The van der Waals surface area contributed by atoms with Gasteiger partial charge in [0.15, 0.2) is 5.82 Å². The van der Waals surface area contributed by atoms with Gasteiger partial charge in [-0.3, -0.25) is 4.98 Å². The van der Waals surface area contributed by atoms with E-state index < -0.39 is 0 Å². The predicted molar refractivity (Wildman–Crippen MR) is 102 cm³/mol. The van der Waals surface area contributed by atoms with E-state index in [0.717, 1.165) is 37.6 Å². The van der Waals surface area contributed by atoms with Crippen molar-refractivity contribution in [3.63, 3.8) is 0 Å². The van der Waals surface area contributed by atoms with E-state index in [1.807, 2.05) is 24.3 Å². The highest BCUT2D eigenvalue weighted by atomic mass is 19.1. The summed E-state index contributed by atoms with van der Waals surface area (Å²) in [6.45, 7) is 3.52. The fraction of sp³-hybridized carbons (Fsp3) is 0.263. The molecule has 0 amide bonds. The lowest BCUT2D eigenvalue weighted by molar-refractivity contribution is 0.595. The number of nitrogens with zero attached hydrogens (tertiary/aromatic N) is 6. The van der Waals surface area contributed by atoms with Crippen LogP contribution in [0.3, 0.4) is 0 Å². The zero-order chi connectivity index (χ0) is 18.5. The number of pyridine rings is 1. The van der Waals surface area contributed by atoms with E-state index in [0.29, 0.717) is 18.2 Å². The summed E-state index contributed by atoms with van der Waals surface area (Å²) in [4.78, 5) is 12.8. The van der Waals surface area contributed by atoms with Gasteiger partial charge in [-0.1, -0.05) is 18.2 Å². The summed E-state index contributed by atoms with van der Waals surface area (Å²) >= 11 is 0. The molecule has 138 valence electrons. The number of rotatable bonds is 5. The molecule has 1 aliphatic heterocycles. The van der Waals surface area contributed by atoms with E-state index >= 15 is 0 Å². The maximum Gasteiger partial charge on any atom is 0.244 e. The number of para-hydroxylation sites is 1. The fourth-order valence-corrected chi connectivity index (χ4v) is 3.09. The minimum absolute atomic E-state index is 0.184. The standard InChI is InChI=1S/C19H20FN7/c20-16-5-1-2-6-17(16)26-8-10-27(11-9-26)18-14-23-25-19(24-18)22-13-15-4-3-7-21-12-15/h1-7,12,14H,8-11,13H2,(H,22,24,25). The maximum atomic E-state index is 14.0. The van der Waals surface area contributed by atoms with Crippen molar-refractivity contribution in [3.8, 4) is 0 Å². The number of piperazine rings is 1. The molecule has 8 heteroatoms. The minimum atomic E-state index is -0.184. The fourth-order valence-electron chi connectivity index (χ4n) is 3.09. The third-order valence-electron chi connectivity index (χ3n) is 4.52. The molecule has 0 spiro atoms. The molecule has 0 unspecified atom stereocenters. The van der Waals surface area contributed by atoms with Gasteiger partial charge < -0.3 is 15.1 Å². The van der Waals surface area contributed by atoms with Crippen molar-refractivity contribution in [2.45, 2.75) is 6.54 Å². The Balaban J connectivity index is 1.38. The molecular weight excluding hydrogens is 345 g/mol. The van der Waals surface area contributed by atoms with E-state index in [1.165, 1.54) is 6.07 Å². The Morgan fingerprint density at radius 3 is 2.56 bits per heavy atom. The first-order valence-corrected chi connectivity index (χ1v) is 8.86. The number of hydrogen-bond donors (Lipinski definition) is 1. The lowest BCUT2D eigenvalue weighted by atomic mass is 10.2. The smallest absolute Gasteiger partial charge is 0.244 e. The van der Waals surface area contributed by atoms with Crippen LogP contribution in [-0.2, 0) is 6.54 Å². The van der Waals surface area contributed by atoms with E-state index in [-0.39, 0.29) is 5.82 Å². The number of aromatic nitrogens is 4. The van der Waals surface area contributed by atoms with Gasteiger partial charge in [-0.05, 0) is 23.8 Å². The Kier molecular flexibility index (Phi) is 5.04. The minimum Gasteiger partial charge on any atom is -0.366 e. The Morgan fingerprint density at radius 2 is 1.78 bits per heavy atom. The summed E-state index contributed by atoms with van der Waals surface area (Å²) in [5.74, 6) is 1.07. The molecule has 3 aromatic rings. The molecule has 0 saturated carbocycles. The first-order valence-electron chi connectivity index (χ1n) is 8.86. The molecule has 0 bridgehead atoms. The maximum absolute atomic E-state index is 14.0. The first-order chi connectivity index (χ1) is 13.3. The van der Waals surface area contributed by atoms with E-state index in [1.54, 1.807) is 24.7 Å².